The van der Waals surface area contributed by atoms with Gasteiger partial charge in [-0.2, -0.15) is 0 Å². The van der Waals surface area contributed by atoms with E-state index in [1.165, 1.54) is 0 Å². The van der Waals surface area contributed by atoms with Crippen LogP contribution in [-0.4, -0.2) is 28.1 Å². The maximum Gasteiger partial charge on any atom is 0.240 e. The van der Waals surface area contributed by atoms with Crippen LogP contribution in [-0.2, 0) is 16.1 Å². The fraction of sp³-hybridized carbons (Fsp3) is 0.529. The van der Waals surface area contributed by atoms with E-state index in [9.17, 15) is 4.79 Å². The number of hydrogen-bond acceptors (Lipinski definition) is 3. The number of pyridine rings is 1. The lowest BCUT2D eigenvalue weighted by Crippen LogP contribution is -2.35. The van der Waals surface area contributed by atoms with Crippen molar-refractivity contribution in [2.24, 2.45) is 0 Å². The first-order valence-electron chi connectivity index (χ1n) is 8.04. The number of carbonyl (C=O) groups is 1. The number of nitrogens with zero attached hydrogens (tertiary/aromatic N) is 2. The molecule has 1 saturated heterocycles. The highest BCUT2D eigenvalue weighted by atomic mass is 16.5. The smallest absolute Gasteiger partial charge is 0.240 e. The van der Waals surface area contributed by atoms with Crippen LogP contribution in [0.3, 0.4) is 0 Å². The molecule has 0 spiro atoms. The molecule has 1 unspecified atom stereocenters. The molecule has 0 aromatic carbocycles. The van der Waals surface area contributed by atoms with Crippen LogP contribution >= 0.6 is 0 Å². The second-order valence-electron chi connectivity index (χ2n) is 5.95. The molecule has 1 aliphatic heterocycles. The molecule has 118 valence electrons. The molecular weight excluding hydrogens is 278 g/mol. The van der Waals surface area contributed by atoms with E-state index in [1.807, 2.05) is 23.6 Å². The Morgan fingerprint density at radius 3 is 3.18 bits per heavy atom. The summed E-state index contributed by atoms with van der Waals surface area (Å²) in [5.41, 5.74) is 1.91. The number of rotatable bonds is 5. The topological polar surface area (TPSA) is 56.2 Å². The maximum absolute atomic E-state index is 12.3. The van der Waals surface area contributed by atoms with Crippen molar-refractivity contribution in [1.29, 1.82) is 0 Å². The minimum atomic E-state index is 0.0248. The van der Waals surface area contributed by atoms with Crippen LogP contribution in [0.5, 0.6) is 0 Å². The minimum absolute atomic E-state index is 0.0248. The van der Waals surface area contributed by atoms with Crippen LogP contribution in [0.4, 0.5) is 0 Å². The molecule has 5 heteroatoms. The molecule has 22 heavy (non-hydrogen) atoms. The summed E-state index contributed by atoms with van der Waals surface area (Å²) in [6.07, 6.45) is 4.84. The Kier molecular flexibility index (Phi) is 4.43. The van der Waals surface area contributed by atoms with Crippen molar-refractivity contribution in [1.82, 2.24) is 14.9 Å². The monoisotopic (exact) mass is 301 g/mol. The lowest BCUT2D eigenvalue weighted by Gasteiger charge is -2.16. The van der Waals surface area contributed by atoms with Crippen molar-refractivity contribution in [3.05, 3.63) is 30.1 Å². The molecule has 2 atom stereocenters. The van der Waals surface area contributed by atoms with E-state index in [0.717, 1.165) is 42.6 Å². The van der Waals surface area contributed by atoms with Crippen LogP contribution < -0.4 is 5.32 Å². The number of hydrogen-bond donors (Lipinski definition) is 1. The van der Waals surface area contributed by atoms with Gasteiger partial charge in [0.15, 0.2) is 0 Å². The molecule has 0 aliphatic carbocycles. The van der Waals surface area contributed by atoms with Gasteiger partial charge in [-0.15, -0.1) is 0 Å². The molecule has 2 aromatic heterocycles. The Morgan fingerprint density at radius 1 is 1.59 bits per heavy atom. The highest BCUT2D eigenvalue weighted by molar-refractivity contribution is 5.82. The first kappa shape index (κ1) is 15.0. The average molecular weight is 301 g/mol. The Morgan fingerprint density at radius 2 is 2.45 bits per heavy atom. The first-order valence-corrected chi connectivity index (χ1v) is 8.04. The van der Waals surface area contributed by atoms with E-state index >= 15 is 0 Å². The normalized spacial score (nSPS) is 19.5. The van der Waals surface area contributed by atoms with Gasteiger partial charge in [0.05, 0.1) is 6.10 Å². The summed E-state index contributed by atoms with van der Waals surface area (Å²) in [4.78, 5) is 16.7. The van der Waals surface area contributed by atoms with Gasteiger partial charge in [-0.3, -0.25) is 4.79 Å². The van der Waals surface area contributed by atoms with E-state index in [-0.39, 0.29) is 18.1 Å². The van der Waals surface area contributed by atoms with E-state index in [1.54, 1.807) is 6.20 Å². The summed E-state index contributed by atoms with van der Waals surface area (Å²) in [6.45, 7) is 5.17. The Balaban J connectivity index is 1.91. The number of carbonyl (C=O) groups excluding carboxylic acids is 1. The fourth-order valence-corrected chi connectivity index (χ4v) is 2.92. The highest BCUT2D eigenvalue weighted by Gasteiger charge is 2.24. The van der Waals surface area contributed by atoms with Crippen molar-refractivity contribution in [3.8, 4) is 0 Å². The molecule has 3 heterocycles. The second-order valence-corrected chi connectivity index (χ2v) is 5.95. The summed E-state index contributed by atoms with van der Waals surface area (Å²) in [5.74, 6) is 0.0248. The number of amides is 1. The lowest BCUT2D eigenvalue weighted by molar-refractivity contribution is -0.122. The SMILES string of the molecule is CCC(C)NC(=O)Cn1c([C@@H]2CCCO2)cc2cccnc21. The number of aromatic nitrogens is 2. The molecule has 0 saturated carbocycles. The molecular formula is C17H23N3O2. The van der Waals surface area contributed by atoms with Crippen molar-refractivity contribution in [3.63, 3.8) is 0 Å². The summed E-state index contributed by atoms with van der Waals surface area (Å²) >= 11 is 0. The van der Waals surface area contributed by atoms with Crippen molar-refractivity contribution < 1.29 is 9.53 Å². The van der Waals surface area contributed by atoms with Gasteiger partial charge in [-0.1, -0.05) is 6.92 Å². The van der Waals surface area contributed by atoms with Gasteiger partial charge in [0.1, 0.15) is 12.2 Å². The summed E-state index contributed by atoms with van der Waals surface area (Å²) in [5, 5.41) is 4.08. The van der Waals surface area contributed by atoms with Gasteiger partial charge in [0.2, 0.25) is 5.91 Å². The summed E-state index contributed by atoms with van der Waals surface area (Å²) in [7, 11) is 0. The Labute approximate surface area is 130 Å². The van der Waals surface area contributed by atoms with Crippen molar-refractivity contribution in [2.75, 3.05) is 6.61 Å². The maximum atomic E-state index is 12.3. The molecule has 1 aliphatic rings. The average Bonchev–Trinajstić information content (AvgIpc) is 3.15. The highest BCUT2D eigenvalue weighted by Crippen LogP contribution is 2.32. The quantitative estimate of drug-likeness (QED) is 0.924. The standard InChI is InChI=1S/C17H23N3O2/c1-3-12(2)19-16(21)11-20-14(15-7-5-9-22-15)10-13-6-4-8-18-17(13)20/h4,6,8,10,12,15H,3,5,7,9,11H2,1-2H3,(H,19,21)/t12?,15-/m0/s1. The van der Waals surface area contributed by atoms with Crippen LogP contribution in [0.1, 0.15) is 44.9 Å². The number of ether oxygens (including phenoxy) is 1. The predicted molar refractivity (Wildman–Crippen MR) is 85.6 cm³/mol. The largest absolute Gasteiger partial charge is 0.372 e. The Hall–Kier alpha value is -1.88. The van der Waals surface area contributed by atoms with Crippen LogP contribution in [0.2, 0.25) is 0 Å². The first-order chi connectivity index (χ1) is 10.7. The van der Waals surface area contributed by atoms with Crippen molar-refractivity contribution in [2.45, 2.75) is 51.8 Å². The Bertz CT molecular complexity index is 659. The third-order valence-electron chi connectivity index (χ3n) is 4.27. The third kappa shape index (κ3) is 2.99. The second kappa shape index (κ2) is 6.48. The van der Waals surface area contributed by atoms with E-state index < -0.39 is 0 Å². The fourth-order valence-electron chi connectivity index (χ4n) is 2.92. The molecule has 0 bridgehead atoms. The zero-order chi connectivity index (χ0) is 15.5. The molecule has 2 aromatic rings. The lowest BCUT2D eigenvalue weighted by atomic mass is 10.2. The van der Waals surface area contributed by atoms with E-state index in [2.05, 4.69) is 23.3 Å². The summed E-state index contributed by atoms with van der Waals surface area (Å²) < 4.78 is 7.82. The van der Waals surface area contributed by atoms with Gasteiger partial charge >= 0.3 is 0 Å². The van der Waals surface area contributed by atoms with Gasteiger partial charge in [-0.05, 0) is 44.4 Å². The van der Waals surface area contributed by atoms with Crippen LogP contribution in [0.25, 0.3) is 11.0 Å². The molecule has 5 nitrogen and oxygen atoms in total. The third-order valence-corrected chi connectivity index (χ3v) is 4.27. The minimum Gasteiger partial charge on any atom is -0.372 e. The summed E-state index contributed by atoms with van der Waals surface area (Å²) in [6, 6.07) is 6.25. The van der Waals surface area contributed by atoms with Crippen LogP contribution in [0, 0.1) is 0 Å². The van der Waals surface area contributed by atoms with E-state index in [0.29, 0.717) is 6.54 Å². The molecule has 0 radical (unpaired) electrons. The number of nitrogens with one attached hydrogen (secondary N) is 1. The molecule has 1 N–H and O–H groups in total. The number of fused-ring (bicyclic) bond motifs is 1. The van der Waals surface area contributed by atoms with Gasteiger partial charge in [0.25, 0.3) is 0 Å². The zero-order valence-electron chi connectivity index (χ0n) is 13.2. The molecule has 1 fully saturated rings. The van der Waals surface area contributed by atoms with Gasteiger partial charge in [-0.25, -0.2) is 4.98 Å². The van der Waals surface area contributed by atoms with Gasteiger partial charge in [0, 0.05) is 29.9 Å². The van der Waals surface area contributed by atoms with E-state index in [4.69, 9.17) is 4.74 Å². The zero-order valence-corrected chi connectivity index (χ0v) is 13.2. The van der Waals surface area contributed by atoms with Crippen molar-refractivity contribution >= 4 is 16.9 Å². The predicted octanol–water partition coefficient (Wildman–Crippen LogP) is 2.80. The van der Waals surface area contributed by atoms with Gasteiger partial charge < -0.3 is 14.6 Å². The molecule has 3 rings (SSSR count). The molecule has 1 amide bonds. The van der Waals surface area contributed by atoms with Crippen LogP contribution in [0.15, 0.2) is 24.4 Å².